The van der Waals surface area contributed by atoms with E-state index in [1.54, 1.807) is 35.7 Å². The van der Waals surface area contributed by atoms with Crippen LogP contribution < -0.4 is 5.32 Å². The molecule has 0 fully saturated rings. The number of hydrogen-bond acceptors (Lipinski definition) is 5. The zero-order chi connectivity index (χ0) is 23.7. The second kappa shape index (κ2) is 13.2. The lowest BCUT2D eigenvalue weighted by atomic mass is 9.96. The normalized spacial score (nSPS) is 11.3. The first-order valence-corrected chi connectivity index (χ1v) is 14.3. The number of anilines is 1. The monoisotopic (exact) mass is 673 g/mol. The topological polar surface area (TPSA) is 58.6 Å². The van der Waals surface area contributed by atoms with Crippen LogP contribution in [0.2, 0.25) is 0 Å². The van der Waals surface area contributed by atoms with E-state index in [9.17, 15) is 9.90 Å². The van der Waals surface area contributed by atoms with Crippen LogP contribution in [-0.4, -0.2) is 35.9 Å². The highest BCUT2D eigenvalue weighted by Crippen LogP contribution is 2.38. The highest BCUT2D eigenvalue weighted by Gasteiger charge is 2.33. The van der Waals surface area contributed by atoms with E-state index < -0.39 is 11.5 Å². The van der Waals surface area contributed by atoms with Crippen molar-refractivity contribution in [3.05, 3.63) is 86.2 Å². The molecule has 0 radical (unpaired) electrons. The summed E-state index contributed by atoms with van der Waals surface area (Å²) in [5, 5.41) is 13.2. The number of thioether (sulfide) groups is 2. The van der Waals surface area contributed by atoms with Gasteiger partial charge in [-0.2, -0.15) is 0 Å². The quantitative estimate of drug-likeness (QED) is 0.213. The van der Waals surface area contributed by atoms with Gasteiger partial charge in [-0.25, -0.2) is 4.79 Å². The van der Waals surface area contributed by atoms with Crippen LogP contribution in [0.25, 0.3) is 0 Å². The van der Waals surface area contributed by atoms with Gasteiger partial charge in [-0.05, 0) is 74.3 Å². The third kappa shape index (κ3) is 8.33. The molecule has 0 bridgehead atoms. The summed E-state index contributed by atoms with van der Waals surface area (Å²) in [6, 6.07) is 23.2. The molecule has 0 aliphatic carbocycles. The van der Waals surface area contributed by atoms with E-state index in [4.69, 9.17) is 4.74 Å². The standard InChI is InChI=1S/C24H22Br3NO3S2/c25-17-6-5-7-18(12-17)28-23(30)31-14-24(13-29,15-32-21-10-3-1-8-19(21)26)16-33-22-11-4-2-9-20(22)27/h1-12,29H,13-16H2,(H,28,30). The van der Waals surface area contributed by atoms with Gasteiger partial charge in [0.1, 0.15) is 6.61 Å². The molecule has 0 aliphatic heterocycles. The van der Waals surface area contributed by atoms with Gasteiger partial charge >= 0.3 is 6.09 Å². The van der Waals surface area contributed by atoms with Gasteiger partial charge in [0.2, 0.25) is 0 Å². The first-order valence-electron chi connectivity index (χ1n) is 9.96. The molecule has 1 amide bonds. The second-order valence-electron chi connectivity index (χ2n) is 7.31. The summed E-state index contributed by atoms with van der Waals surface area (Å²) in [5.74, 6) is 1.15. The van der Waals surface area contributed by atoms with Gasteiger partial charge in [0.25, 0.3) is 0 Å². The van der Waals surface area contributed by atoms with Gasteiger partial charge in [0.15, 0.2) is 0 Å². The lowest BCUT2D eigenvalue weighted by Gasteiger charge is -2.31. The molecule has 4 nitrogen and oxygen atoms in total. The minimum atomic E-state index is -0.644. The third-order valence-corrected chi connectivity index (χ3v) is 9.91. The van der Waals surface area contributed by atoms with E-state index in [0.717, 1.165) is 23.2 Å². The van der Waals surface area contributed by atoms with Gasteiger partial charge in [-0.3, -0.25) is 5.32 Å². The van der Waals surface area contributed by atoms with Crippen LogP contribution in [-0.2, 0) is 4.74 Å². The average Bonchev–Trinajstić information content (AvgIpc) is 2.81. The van der Waals surface area contributed by atoms with Crippen LogP contribution in [0.4, 0.5) is 10.5 Å². The van der Waals surface area contributed by atoms with Crippen molar-refractivity contribution in [2.75, 3.05) is 30.0 Å². The molecular weight excluding hydrogens is 654 g/mol. The van der Waals surface area contributed by atoms with Gasteiger partial charge in [-0.15, -0.1) is 23.5 Å². The molecule has 0 aliphatic rings. The molecule has 0 heterocycles. The largest absolute Gasteiger partial charge is 0.449 e. The van der Waals surface area contributed by atoms with Crippen molar-refractivity contribution >= 4 is 83.1 Å². The number of nitrogens with one attached hydrogen (secondary N) is 1. The number of carbonyl (C=O) groups excluding carboxylic acids is 1. The van der Waals surface area contributed by atoms with Crippen LogP contribution in [0.5, 0.6) is 0 Å². The summed E-state index contributed by atoms with van der Waals surface area (Å²) in [4.78, 5) is 14.6. The zero-order valence-corrected chi connectivity index (χ0v) is 23.9. The van der Waals surface area contributed by atoms with Gasteiger partial charge in [0.05, 0.1) is 6.61 Å². The van der Waals surface area contributed by atoms with Crippen molar-refractivity contribution in [3.63, 3.8) is 0 Å². The molecule has 0 unspecified atom stereocenters. The Morgan fingerprint density at radius 3 is 1.97 bits per heavy atom. The SMILES string of the molecule is O=C(Nc1cccc(Br)c1)OCC(CO)(CSc1ccccc1Br)CSc1ccccc1Br. The summed E-state index contributed by atoms with van der Waals surface area (Å²) in [6.07, 6.45) is -0.553. The Bertz CT molecular complexity index is 1030. The first kappa shape index (κ1) is 26.6. The molecule has 33 heavy (non-hydrogen) atoms. The molecule has 0 saturated heterocycles. The maximum atomic E-state index is 12.5. The predicted molar refractivity (Wildman–Crippen MR) is 148 cm³/mol. The van der Waals surface area contributed by atoms with E-state index >= 15 is 0 Å². The fourth-order valence-corrected chi connectivity index (χ4v) is 6.81. The van der Waals surface area contributed by atoms with Gasteiger partial charge in [-0.1, -0.05) is 46.3 Å². The summed E-state index contributed by atoms with van der Waals surface area (Å²) in [5.41, 5.74) is -0.0109. The van der Waals surface area contributed by atoms with E-state index in [0.29, 0.717) is 17.2 Å². The summed E-state index contributed by atoms with van der Waals surface area (Å²) >= 11 is 13.8. The summed E-state index contributed by atoms with van der Waals surface area (Å²) < 4.78 is 8.45. The Hall–Kier alpha value is -0.970. The Morgan fingerprint density at radius 2 is 1.45 bits per heavy atom. The zero-order valence-electron chi connectivity index (χ0n) is 17.5. The molecule has 0 saturated carbocycles. The highest BCUT2D eigenvalue weighted by atomic mass is 79.9. The van der Waals surface area contributed by atoms with E-state index in [1.165, 1.54) is 0 Å². The van der Waals surface area contributed by atoms with Gasteiger partial charge in [0, 0.05) is 45.8 Å². The van der Waals surface area contributed by atoms with Crippen LogP contribution in [0.3, 0.4) is 0 Å². The Balaban J connectivity index is 1.71. The number of ether oxygens (including phenoxy) is 1. The molecule has 0 spiro atoms. The minimum absolute atomic E-state index is 0.0816. The molecule has 3 aromatic rings. The lowest BCUT2D eigenvalue weighted by Crippen LogP contribution is -2.38. The maximum Gasteiger partial charge on any atom is 0.411 e. The average molecular weight is 676 g/mol. The van der Waals surface area contributed by atoms with Crippen molar-refractivity contribution < 1.29 is 14.6 Å². The predicted octanol–water partition coefficient (Wildman–Crippen LogP) is 8.09. The number of hydrogen-bond donors (Lipinski definition) is 2. The number of rotatable bonds is 10. The second-order valence-corrected chi connectivity index (χ2v) is 12.0. The number of carbonyl (C=O) groups is 1. The smallest absolute Gasteiger partial charge is 0.411 e. The number of benzene rings is 3. The summed E-state index contributed by atoms with van der Waals surface area (Å²) in [7, 11) is 0. The van der Waals surface area contributed by atoms with Gasteiger partial charge < -0.3 is 9.84 Å². The first-order chi connectivity index (χ1) is 15.9. The van der Waals surface area contributed by atoms with Crippen LogP contribution >= 0.6 is 71.3 Å². The molecule has 0 atom stereocenters. The Morgan fingerprint density at radius 1 is 0.879 bits per heavy atom. The van der Waals surface area contributed by atoms with Crippen molar-refractivity contribution in [3.8, 4) is 0 Å². The lowest BCUT2D eigenvalue weighted by molar-refractivity contribution is 0.0736. The third-order valence-electron chi connectivity index (χ3n) is 4.66. The molecule has 2 N–H and O–H groups in total. The molecule has 174 valence electrons. The van der Waals surface area contributed by atoms with Crippen LogP contribution in [0.15, 0.2) is 96.0 Å². The molecule has 3 aromatic carbocycles. The molecule has 3 rings (SSSR count). The van der Waals surface area contributed by atoms with Crippen LogP contribution in [0, 0.1) is 5.41 Å². The highest BCUT2D eigenvalue weighted by molar-refractivity contribution is 9.11. The van der Waals surface area contributed by atoms with Crippen molar-refractivity contribution in [1.29, 1.82) is 0 Å². The number of aliphatic hydroxyl groups excluding tert-OH is 1. The Kier molecular flexibility index (Phi) is 10.7. The van der Waals surface area contributed by atoms with E-state index in [2.05, 4.69) is 53.1 Å². The molecular formula is C24H22Br3NO3S2. The fraction of sp³-hybridized carbons (Fsp3) is 0.208. The number of halogens is 3. The van der Waals surface area contributed by atoms with Crippen molar-refractivity contribution in [1.82, 2.24) is 0 Å². The van der Waals surface area contributed by atoms with E-state index in [-0.39, 0.29) is 13.2 Å². The number of amides is 1. The molecule has 9 heteroatoms. The molecule has 0 aromatic heterocycles. The Labute approximate surface area is 227 Å². The van der Waals surface area contributed by atoms with Crippen molar-refractivity contribution in [2.45, 2.75) is 9.79 Å². The number of aliphatic hydroxyl groups is 1. The minimum Gasteiger partial charge on any atom is -0.449 e. The van der Waals surface area contributed by atoms with Crippen LogP contribution in [0.1, 0.15) is 0 Å². The summed E-state index contributed by atoms with van der Waals surface area (Å²) in [6.45, 7) is -0.0374. The van der Waals surface area contributed by atoms with Crippen molar-refractivity contribution in [2.24, 2.45) is 5.41 Å². The van der Waals surface area contributed by atoms with E-state index in [1.807, 2.05) is 60.7 Å². The fourth-order valence-electron chi connectivity index (χ4n) is 2.79. The maximum absolute atomic E-state index is 12.5.